The highest BCUT2D eigenvalue weighted by Gasteiger charge is 2.57. The molecule has 1 aromatic rings. The summed E-state index contributed by atoms with van der Waals surface area (Å²) < 4.78 is 59.7. The molecule has 1 spiro atoms. The van der Waals surface area contributed by atoms with Crippen molar-refractivity contribution in [1.29, 1.82) is 0 Å². The lowest BCUT2D eigenvalue weighted by Crippen LogP contribution is -2.74. The number of hydrazine groups is 1. The number of nitrogens with zero attached hydrogens (tertiary/aromatic N) is 2. The molecule has 0 bridgehead atoms. The number of rotatable bonds is 3. The highest BCUT2D eigenvalue weighted by Crippen LogP contribution is 2.44. The summed E-state index contributed by atoms with van der Waals surface area (Å²) in [5, 5.41) is 4.41. The molecule has 9 heteroatoms. The van der Waals surface area contributed by atoms with E-state index < -0.39 is 22.4 Å². The molecule has 3 aliphatic heterocycles. The maximum Gasteiger partial charge on any atom is 0.393 e. The van der Waals surface area contributed by atoms with Crippen LogP contribution in [0.2, 0.25) is 0 Å². The van der Waals surface area contributed by atoms with Gasteiger partial charge in [-0.15, -0.1) is 0 Å². The van der Waals surface area contributed by atoms with E-state index in [1.54, 1.807) is 24.3 Å². The molecule has 1 aromatic carbocycles. The molecule has 0 aromatic heterocycles. The molecular weight excluding hydrogens is 369 g/mol. The van der Waals surface area contributed by atoms with Gasteiger partial charge in [-0.25, -0.2) is 18.4 Å². The Hall–Kier alpha value is -1.45. The van der Waals surface area contributed by atoms with E-state index >= 15 is 0 Å². The monoisotopic (exact) mass is 390 g/mol. The number of carbonyl (C=O) groups is 1. The first kappa shape index (κ1) is 19.3. The number of alkyl halides is 3. The minimum Gasteiger partial charge on any atom is -0.307 e. The van der Waals surface area contributed by atoms with Crippen LogP contribution in [0.1, 0.15) is 17.0 Å². The molecule has 5 nitrogen and oxygen atoms in total. The zero-order valence-corrected chi connectivity index (χ0v) is 15.0. The number of hydrogen-bond donors (Lipinski definition) is 0. The van der Waals surface area contributed by atoms with Crippen LogP contribution in [-0.4, -0.2) is 69.1 Å². The summed E-state index contributed by atoms with van der Waals surface area (Å²) in [6.45, 7) is 5.32. The van der Waals surface area contributed by atoms with Gasteiger partial charge < -0.3 is 4.79 Å². The Morgan fingerprint density at radius 2 is 1.58 bits per heavy atom. The van der Waals surface area contributed by atoms with Crippen LogP contribution in [0.5, 0.6) is 0 Å². The van der Waals surface area contributed by atoms with Crippen LogP contribution in [0.25, 0.3) is 0 Å². The van der Waals surface area contributed by atoms with E-state index in [1.165, 1.54) is 0 Å². The highest BCUT2D eigenvalue weighted by molar-refractivity contribution is 7.92. The first-order chi connectivity index (χ1) is 12.1. The average Bonchev–Trinajstić information content (AvgIpc) is 2.44. The number of sulfone groups is 1. The summed E-state index contributed by atoms with van der Waals surface area (Å²) in [4.78, 5) is 8.00. The molecule has 3 saturated heterocycles. The summed E-state index contributed by atoms with van der Waals surface area (Å²) in [5.41, 5.74) is 1.35. The van der Waals surface area contributed by atoms with Gasteiger partial charge in [-0.2, -0.15) is 13.2 Å². The van der Waals surface area contributed by atoms with Crippen molar-refractivity contribution >= 4 is 16.6 Å². The summed E-state index contributed by atoms with van der Waals surface area (Å²) in [6.07, 6.45) is -5.06. The molecule has 0 unspecified atom stereocenters. The SMILES string of the molecule is C=O.O=S1(=O)CC2(CN(N3CC(c4ccc(CC(F)(F)F)cc4)C3)C2)C1. The van der Waals surface area contributed by atoms with Crippen molar-refractivity contribution in [3.63, 3.8) is 0 Å². The second-order valence-corrected chi connectivity index (χ2v) is 9.52. The lowest BCUT2D eigenvalue weighted by atomic mass is 9.83. The number of benzene rings is 1. The largest absolute Gasteiger partial charge is 0.393 e. The van der Waals surface area contributed by atoms with Crippen LogP contribution in [0.3, 0.4) is 0 Å². The molecule has 4 rings (SSSR count). The predicted molar refractivity (Wildman–Crippen MR) is 90.3 cm³/mol. The quantitative estimate of drug-likeness (QED) is 0.786. The third-order valence-electron chi connectivity index (χ3n) is 5.21. The predicted octanol–water partition coefficient (Wildman–Crippen LogP) is 1.65. The molecule has 0 N–H and O–H groups in total. The van der Waals surface area contributed by atoms with Gasteiger partial charge in [-0.05, 0) is 11.1 Å². The van der Waals surface area contributed by atoms with Gasteiger partial charge in [0, 0.05) is 37.5 Å². The Morgan fingerprint density at radius 3 is 2.04 bits per heavy atom. The topological polar surface area (TPSA) is 57.7 Å². The standard InChI is InChI=1S/C16H19F3N2O2S.CH2O/c17-16(18,19)5-12-1-3-13(4-2-12)14-6-20(7-14)21-8-15(9-21)10-24(22,23)11-15;1-2/h1-4,14H,5-11H2;1H2. The minimum atomic E-state index is -4.17. The van der Waals surface area contributed by atoms with E-state index in [-0.39, 0.29) is 5.41 Å². The molecule has 0 saturated carbocycles. The molecule has 144 valence electrons. The van der Waals surface area contributed by atoms with E-state index in [0.29, 0.717) is 23.0 Å². The fourth-order valence-electron chi connectivity index (χ4n) is 4.04. The number of carbonyl (C=O) groups excluding carboxylic acids is 1. The van der Waals surface area contributed by atoms with Crippen molar-refractivity contribution in [2.75, 3.05) is 37.7 Å². The van der Waals surface area contributed by atoms with Crippen molar-refractivity contribution in [1.82, 2.24) is 10.0 Å². The van der Waals surface area contributed by atoms with Crippen molar-refractivity contribution in [2.24, 2.45) is 5.41 Å². The Labute approximate surface area is 150 Å². The van der Waals surface area contributed by atoms with Gasteiger partial charge in [0.15, 0.2) is 9.84 Å². The maximum absolute atomic E-state index is 12.4. The molecular formula is C17H21F3N2O3S. The average molecular weight is 390 g/mol. The zero-order valence-electron chi connectivity index (χ0n) is 14.2. The van der Waals surface area contributed by atoms with Crippen molar-refractivity contribution in [2.45, 2.75) is 18.5 Å². The molecule has 3 heterocycles. The Bertz CT molecular complexity index is 738. The van der Waals surface area contributed by atoms with Gasteiger partial charge in [0.1, 0.15) is 6.79 Å². The Morgan fingerprint density at radius 1 is 1.04 bits per heavy atom. The fourth-order valence-corrected chi connectivity index (χ4v) is 6.18. The van der Waals surface area contributed by atoms with Gasteiger partial charge in [0.2, 0.25) is 0 Å². The Kier molecular flexibility index (Phi) is 4.91. The van der Waals surface area contributed by atoms with Crippen LogP contribution in [0.4, 0.5) is 13.2 Å². The smallest absolute Gasteiger partial charge is 0.307 e. The van der Waals surface area contributed by atoms with Gasteiger partial charge in [-0.3, -0.25) is 0 Å². The summed E-state index contributed by atoms with van der Waals surface area (Å²) in [6, 6.07) is 6.70. The molecule has 0 radical (unpaired) electrons. The van der Waals surface area contributed by atoms with Crippen molar-refractivity contribution in [3.8, 4) is 0 Å². The van der Waals surface area contributed by atoms with Crippen LogP contribution < -0.4 is 0 Å². The van der Waals surface area contributed by atoms with Gasteiger partial charge in [0.05, 0.1) is 17.9 Å². The van der Waals surface area contributed by atoms with Crippen molar-refractivity contribution in [3.05, 3.63) is 35.4 Å². The van der Waals surface area contributed by atoms with Crippen LogP contribution in [0.15, 0.2) is 24.3 Å². The van der Waals surface area contributed by atoms with Gasteiger partial charge in [0.25, 0.3) is 0 Å². The summed E-state index contributed by atoms with van der Waals surface area (Å²) in [7, 11) is -2.78. The molecule has 3 fully saturated rings. The van der Waals surface area contributed by atoms with Crippen molar-refractivity contribution < 1.29 is 26.4 Å². The van der Waals surface area contributed by atoms with Gasteiger partial charge in [-0.1, -0.05) is 24.3 Å². The molecule has 3 aliphatic rings. The van der Waals surface area contributed by atoms with E-state index in [1.807, 2.05) is 6.79 Å². The first-order valence-corrected chi connectivity index (χ1v) is 10.1. The number of hydrogen-bond acceptors (Lipinski definition) is 5. The van der Waals surface area contributed by atoms with Crippen LogP contribution in [0, 0.1) is 5.41 Å². The highest BCUT2D eigenvalue weighted by atomic mass is 32.2. The summed E-state index contributed by atoms with van der Waals surface area (Å²) in [5.74, 6) is 0.967. The van der Waals surface area contributed by atoms with E-state index in [0.717, 1.165) is 31.7 Å². The second-order valence-electron chi connectivity index (χ2n) is 7.46. The van der Waals surface area contributed by atoms with E-state index in [9.17, 15) is 21.6 Å². The lowest BCUT2D eigenvalue weighted by Gasteiger charge is -2.60. The minimum absolute atomic E-state index is 0.0108. The lowest BCUT2D eigenvalue weighted by molar-refractivity contribution is -0.176. The third kappa shape index (κ3) is 3.94. The maximum atomic E-state index is 12.4. The zero-order chi connectivity index (χ0) is 19.2. The second kappa shape index (κ2) is 6.61. The van der Waals surface area contributed by atoms with Gasteiger partial charge >= 0.3 is 6.18 Å². The van der Waals surface area contributed by atoms with E-state index in [2.05, 4.69) is 10.0 Å². The summed E-state index contributed by atoms with van der Waals surface area (Å²) >= 11 is 0. The van der Waals surface area contributed by atoms with Crippen LogP contribution >= 0.6 is 0 Å². The first-order valence-electron chi connectivity index (χ1n) is 8.28. The molecule has 26 heavy (non-hydrogen) atoms. The fraction of sp³-hybridized carbons (Fsp3) is 0.588. The Balaban J connectivity index is 0.000000948. The molecule has 0 amide bonds. The van der Waals surface area contributed by atoms with Crippen LogP contribution in [-0.2, 0) is 21.1 Å². The molecule has 0 atom stereocenters. The normalized spacial score (nSPS) is 24.7. The number of halogens is 3. The molecule has 0 aliphatic carbocycles. The third-order valence-corrected chi connectivity index (χ3v) is 7.31. The van der Waals surface area contributed by atoms with E-state index in [4.69, 9.17) is 4.79 Å².